The summed E-state index contributed by atoms with van der Waals surface area (Å²) in [6.45, 7) is 5.48. The Kier molecular flexibility index (Phi) is 2.15. The van der Waals surface area contributed by atoms with E-state index in [0.717, 1.165) is 10.9 Å². The molecular formula is C8H12NOP. The smallest absolute Gasteiger partial charge is 0.111 e. The van der Waals surface area contributed by atoms with Crippen LogP contribution in [-0.2, 0) is 4.57 Å². The summed E-state index contributed by atoms with van der Waals surface area (Å²) in [5, 5.41) is 0.889. The lowest BCUT2D eigenvalue weighted by Crippen LogP contribution is -2.07. The minimum atomic E-state index is -2.12. The number of aryl methyl sites for hydroxylation is 1. The normalized spacial score (nSPS) is 11.5. The van der Waals surface area contributed by atoms with Gasteiger partial charge >= 0.3 is 0 Å². The SMILES string of the molecule is Cc1ccncc1P(C)(C)=O. The summed E-state index contributed by atoms with van der Waals surface area (Å²) >= 11 is 0. The van der Waals surface area contributed by atoms with Gasteiger partial charge in [-0.15, -0.1) is 0 Å². The van der Waals surface area contributed by atoms with Gasteiger partial charge in [0.1, 0.15) is 7.14 Å². The van der Waals surface area contributed by atoms with E-state index >= 15 is 0 Å². The monoisotopic (exact) mass is 169 g/mol. The second kappa shape index (κ2) is 2.78. The molecule has 0 radical (unpaired) electrons. The summed E-state index contributed by atoms with van der Waals surface area (Å²) in [4.78, 5) is 3.94. The number of aromatic nitrogens is 1. The number of rotatable bonds is 1. The van der Waals surface area contributed by atoms with Crippen LogP contribution in [0.25, 0.3) is 0 Å². The molecule has 0 unspecified atom stereocenters. The minimum Gasteiger partial charge on any atom is -0.319 e. The van der Waals surface area contributed by atoms with Crippen LogP contribution < -0.4 is 5.30 Å². The van der Waals surface area contributed by atoms with Gasteiger partial charge in [-0.05, 0) is 31.9 Å². The fourth-order valence-corrected chi connectivity index (χ4v) is 2.29. The van der Waals surface area contributed by atoms with Crippen LogP contribution in [-0.4, -0.2) is 18.3 Å². The van der Waals surface area contributed by atoms with Gasteiger partial charge in [-0.25, -0.2) is 0 Å². The lowest BCUT2D eigenvalue weighted by Gasteiger charge is -2.08. The molecule has 0 aromatic carbocycles. The molecule has 0 aliphatic rings. The molecule has 2 nitrogen and oxygen atoms in total. The molecule has 3 heteroatoms. The maximum atomic E-state index is 11.6. The quantitative estimate of drug-likeness (QED) is 0.598. The summed E-state index contributed by atoms with van der Waals surface area (Å²) in [6, 6.07) is 1.88. The van der Waals surface area contributed by atoms with E-state index < -0.39 is 7.14 Å². The van der Waals surface area contributed by atoms with Crippen LogP contribution in [0.2, 0.25) is 0 Å². The third-order valence-corrected chi connectivity index (χ3v) is 3.22. The second-order valence-corrected chi connectivity index (χ2v) is 6.20. The van der Waals surface area contributed by atoms with Crippen LogP contribution in [0.3, 0.4) is 0 Å². The Morgan fingerprint density at radius 2 is 2.09 bits per heavy atom. The van der Waals surface area contributed by atoms with Gasteiger partial charge in [-0.1, -0.05) is 0 Å². The van der Waals surface area contributed by atoms with Gasteiger partial charge in [0.2, 0.25) is 0 Å². The molecular weight excluding hydrogens is 157 g/mol. The van der Waals surface area contributed by atoms with Crippen molar-refractivity contribution in [1.29, 1.82) is 0 Å². The molecule has 0 atom stereocenters. The van der Waals surface area contributed by atoms with Gasteiger partial charge in [0.05, 0.1) is 0 Å². The molecule has 1 rings (SSSR count). The maximum Gasteiger partial charge on any atom is 0.111 e. The lowest BCUT2D eigenvalue weighted by molar-refractivity contribution is 0.588. The molecule has 0 saturated carbocycles. The molecule has 0 fully saturated rings. The standard InChI is InChI=1S/C8H12NOP/c1-7-4-5-9-6-8(7)11(2,3)10/h4-6H,1-3H3. The Labute approximate surface area is 67.0 Å². The van der Waals surface area contributed by atoms with Gasteiger partial charge in [0, 0.05) is 17.7 Å². The molecule has 11 heavy (non-hydrogen) atoms. The number of hydrogen-bond acceptors (Lipinski definition) is 2. The molecule has 1 aromatic rings. The van der Waals surface area contributed by atoms with Crippen molar-refractivity contribution < 1.29 is 4.57 Å². The Bertz CT molecular complexity index is 303. The molecule has 0 bridgehead atoms. The topological polar surface area (TPSA) is 30.0 Å². The van der Waals surface area contributed by atoms with E-state index in [1.54, 1.807) is 25.7 Å². The number of pyridine rings is 1. The Balaban J connectivity index is 3.25. The Morgan fingerprint density at radius 1 is 1.45 bits per heavy atom. The Morgan fingerprint density at radius 3 is 2.45 bits per heavy atom. The first kappa shape index (κ1) is 8.48. The van der Waals surface area contributed by atoms with E-state index in [0.29, 0.717) is 0 Å². The van der Waals surface area contributed by atoms with E-state index in [1.165, 1.54) is 0 Å². The van der Waals surface area contributed by atoms with E-state index in [2.05, 4.69) is 4.98 Å². The van der Waals surface area contributed by atoms with Crippen molar-refractivity contribution >= 4 is 12.4 Å². The first-order valence-electron chi connectivity index (χ1n) is 3.48. The predicted molar refractivity (Wildman–Crippen MR) is 48.1 cm³/mol. The fraction of sp³-hybridized carbons (Fsp3) is 0.375. The zero-order valence-corrected chi connectivity index (χ0v) is 7.93. The highest BCUT2D eigenvalue weighted by Gasteiger charge is 2.12. The molecule has 0 saturated heterocycles. The van der Waals surface area contributed by atoms with Crippen LogP contribution in [0.15, 0.2) is 18.5 Å². The zero-order chi connectivity index (χ0) is 8.48. The van der Waals surface area contributed by atoms with Gasteiger partial charge in [0.15, 0.2) is 0 Å². The third kappa shape index (κ3) is 1.90. The molecule has 0 amide bonds. The Hall–Kier alpha value is -0.620. The van der Waals surface area contributed by atoms with Gasteiger partial charge < -0.3 is 4.57 Å². The molecule has 1 heterocycles. The minimum absolute atomic E-state index is 0.889. The highest BCUT2D eigenvalue weighted by Crippen LogP contribution is 2.35. The number of nitrogens with zero attached hydrogens (tertiary/aromatic N) is 1. The average molecular weight is 169 g/mol. The summed E-state index contributed by atoms with van der Waals surface area (Å²) in [5.41, 5.74) is 1.06. The molecule has 60 valence electrons. The van der Waals surface area contributed by atoms with Crippen molar-refractivity contribution in [3.63, 3.8) is 0 Å². The van der Waals surface area contributed by atoms with Crippen molar-refractivity contribution in [2.45, 2.75) is 6.92 Å². The van der Waals surface area contributed by atoms with Crippen molar-refractivity contribution in [3.05, 3.63) is 24.0 Å². The van der Waals surface area contributed by atoms with Crippen LogP contribution in [0.4, 0.5) is 0 Å². The van der Waals surface area contributed by atoms with E-state index in [4.69, 9.17) is 0 Å². The summed E-state index contributed by atoms with van der Waals surface area (Å²) in [5.74, 6) is 0. The molecule has 0 N–H and O–H groups in total. The second-order valence-electron chi connectivity index (χ2n) is 3.01. The molecule has 0 aliphatic carbocycles. The van der Waals surface area contributed by atoms with Gasteiger partial charge in [0.25, 0.3) is 0 Å². The third-order valence-electron chi connectivity index (χ3n) is 1.59. The summed E-state index contributed by atoms with van der Waals surface area (Å²) in [7, 11) is -2.12. The first-order chi connectivity index (χ1) is 5.02. The van der Waals surface area contributed by atoms with E-state index in [1.807, 2.05) is 13.0 Å². The van der Waals surface area contributed by atoms with E-state index in [-0.39, 0.29) is 0 Å². The zero-order valence-electron chi connectivity index (χ0n) is 7.03. The van der Waals surface area contributed by atoms with Crippen LogP contribution in [0.5, 0.6) is 0 Å². The van der Waals surface area contributed by atoms with Gasteiger partial charge in [-0.2, -0.15) is 0 Å². The van der Waals surface area contributed by atoms with Crippen molar-refractivity contribution in [1.82, 2.24) is 4.98 Å². The molecule has 0 spiro atoms. The first-order valence-corrected chi connectivity index (χ1v) is 6.08. The van der Waals surface area contributed by atoms with E-state index in [9.17, 15) is 4.57 Å². The van der Waals surface area contributed by atoms with Crippen molar-refractivity contribution in [2.24, 2.45) is 0 Å². The predicted octanol–water partition coefficient (Wildman–Crippen LogP) is 1.64. The van der Waals surface area contributed by atoms with Crippen molar-refractivity contribution in [2.75, 3.05) is 13.3 Å². The van der Waals surface area contributed by atoms with Crippen LogP contribution in [0, 0.1) is 6.92 Å². The van der Waals surface area contributed by atoms with Crippen LogP contribution >= 0.6 is 7.14 Å². The fourth-order valence-electron chi connectivity index (χ4n) is 1.02. The summed E-state index contributed by atoms with van der Waals surface area (Å²) < 4.78 is 11.6. The van der Waals surface area contributed by atoms with Gasteiger partial charge in [-0.3, -0.25) is 4.98 Å². The maximum absolute atomic E-state index is 11.6. The highest BCUT2D eigenvalue weighted by molar-refractivity contribution is 7.70. The van der Waals surface area contributed by atoms with Crippen molar-refractivity contribution in [3.8, 4) is 0 Å². The van der Waals surface area contributed by atoms with Crippen LogP contribution in [0.1, 0.15) is 5.56 Å². The average Bonchev–Trinajstić information content (AvgIpc) is 1.86. The lowest BCUT2D eigenvalue weighted by atomic mass is 10.3. The molecule has 1 aromatic heterocycles. The highest BCUT2D eigenvalue weighted by atomic mass is 31.2. The largest absolute Gasteiger partial charge is 0.319 e. The number of hydrogen-bond donors (Lipinski definition) is 0. The summed E-state index contributed by atoms with van der Waals surface area (Å²) in [6.07, 6.45) is 3.41. The molecule has 0 aliphatic heterocycles.